The van der Waals surface area contributed by atoms with Gasteiger partial charge in [0.2, 0.25) is 0 Å². The van der Waals surface area contributed by atoms with E-state index >= 15 is 0 Å². The van der Waals surface area contributed by atoms with Gasteiger partial charge >= 0.3 is 0 Å². The normalized spacial score (nSPS) is 9.90. The Hall–Kier alpha value is 0.390. The second-order valence-electron chi connectivity index (χ2n) is 1.51. The van der Waals surface area contributed by atoms with Crippen molar-refractivity contribution in [1.82, 2.24) is 0 Å². The molecule has 1 aromatic heterocycles. The van der Waals surface area contributed by atoms with Crippen molar-refractivity contribution in [2.24, 2.45) is 0 Å². The Kier molecular flexibility index (Phi) is 2.71. The summed E-state index contributed by atoms with van der Waals surface area (Å²) in [5.74, 6) is 0. The van der Waals surface area contributed by atoms with Crippen LogP contribution >= 0.6 is 47.8 Å². The summed E-state index contributed by atoms with van der Waals surface area (Å²) < 4.78 is 2.18. The van der Waals surface area contributed by atoms with Crippen LogP contribution in [0.15, 0.2) is 19.7 Å². The third-order valence-electron chi connectivity index (χ3n) is 0.871. The average Bonchev–Trinajstić information content (AvgIpc) is 1.93. The summed E-state index contributed by atoms with van der Waals surface area (Å²) in [6.07, 6.45) is 0. The lowest BCUT2D eigenvalue weighted by atomic mass is 10.5. The van der Waals surface area contributed by atoms with Gasteiger partial charge in [0.1, 0.15) is 4.47 Å². The molecule has 0 fully saturated rings. The monoisotopic (exact) mass is 328 g/mol. The number of aromatic nitrogens is 1. The van der Waals surface area contributed by atoms with Gasteiger partial charge in [0.05, 0.1) is 0 Å². The van der Waals surface area contributed by atoms with E-state index < -0.39 is 0 Å². The van der Waals surface area contributed by atoms with Crippen LogP contribution in [0.3, 0.4) is 0 Å². The fourth-order valence-corrected chi connectivity index (χ4v) is 1.53. The number of pyridine rings is 1. The molecule has 0 unspecified atom stereocenters. The smallest absolute Gasteiger partial charge is 0.275 e. The van der Waals surface area contributed by atoms with E-state index in [4.69, 9.17) is 0 Å². The van der Waals surface area contributed by atoms with Crippen molar-refractivity contribution < 1.29 is 4.73 Å². The van der Waals surface area contributed by atoms with E-state index in [-0.39, 0.29) is 0 Å². The van der Waals surface area contributed by atoms with E-state index in [2.05, 4.69) is 53.9 Å². The zero-order valence-corrected chi connectivity index (χ0v) is 9.32. The van der Waals surface area contributed by atoms with Gasteiger partial charge in [-0.3, -0.25) is 0 Å². The van der Waals surface area contributed by atoms with Gasteiger partial charge in [0, 0.05) is 44.0 Å². The standard InChI is InChI=1S/C5HBr3NO/c6-3-1-2-4(7)9(10)5(3)8/h2H. The fourth-order valence-electron chi connectivity index (χ4n) is 0.424. The zero-order valence-electron chi connectivity index (χ0n) is 4.57. The van der Waals surface area contributed by atoms with Crippen LogP contribution in [0.4, 0.5) is 0 Å². The van der Waals surface area contributed by atoms with Crippen molar-refractivity contribution in [2.45, 2.75) is 0 Å². The molecule has 0 saturated heterocycles. The van der Waals surface area contributed by atoms with Crippen molar-refractivity contribution in [2.75, 3.05) is 0 Å². The highest BCUT2D eigenvalue weighted by Crippen LogP contribution is 2.19. The summed E-state index contributed by atoms with van der Waals surface area (Å²) in [4.78, 5) is 0. The lowest BCUT2D eigenvalue weighted by Crippen LogP contribution is -2.29. The molecule has 1 radical (unpaired) electrons. The van der Waals surface area contributed by atoms with Gasteiger partial charge in [0.15, 0.2) is 0 Å². The lowest BCUT2D eigenvalue weighted by molar-refractivity contribution is -0.629. The van der Waals surface area contributed by atoms with Crippen LogP contribution < -0.4 is 4.73 Å². The van der Waals surface area contributed by atoms with Gasteiger partial charge in [-0.1, -0.05) is 0 Å². The summed E-state index contributed by atoms with van der Waals surface area (Å²) in [5, 5.41) is 11.0. The minimum absolute atomic E-state index is 0.418. The number of hydrogen-bond donors (Lipinski definition) is 0. The van der Waals surface area contributed by atoms with Gasteiger partial charge in [-0.05, 0) is 15.9 Å². The number of nitrogens with zero attached hydrogens (tertiary/aromatic N) is 1. The van der Waals surface area contributed by atoms with Crippen molar-refractivity contribution >= 4 is 47.8 Å². The number of halogens is 3. The summed E-state index contributed by atoms with van der Waals surface area (Å²) in [5.41, 5.74) is 0. The molecule has 2 nitrogen and oxygen atoms in total. The largest absolute Gasteiger partial charge is 0.617 e. The number of hydrogen-bond acceptors (Lipinski definition) is 1. The summed E-state index contributed by atoms with van der Waals surface area (Å²) in [6, 6.07) is 4.35. The molecule has 1 aromatic rings. The van der Waals surface area contributed by atoms with E-state index in [0.717, 1.165) is 0 Å². The van der Waals surface area contributed by atoms with Gasteiger partial charge in [0.25, 0.3) is 9.21 Å². The Morgan fingerprint density at radius 1 is 1.40 bits per heavy atom. The van der Waals surface area contributed by atoms with Crippen LogP contribution in [0.2, 0.25) is 0 Å². The first-order chi connectivity index (χ1) is 4.63. The quantitative estimate of drug-likeness (QED) is 0.408. The second-order valence-corrected chi connectivity index (χ2v) is 3.87. The van der Waals surface area contributed by atoms with Crippen LogP contribution in [-0.4, -0.2) is 0 Å². The van der Waals surface area contributed by atoms with Crippen LogP contribution in [-0.2, 0) is 0 Å². The third-order valence-corrected chi connectivity index (χ3v) is 3.28. The molecule has 0 aliphatic heterocycles. The van der Waals surface area contributed by atoms with E-state index in [0.29, 0.717) is 18.4 Å². The molecule has 0 saturated carbocycles. The summed E-state index contributed by atoms with van der Waals surface area (Å²) >= 11 is 9.26. The average molecular weight is 331 g/mol. The molecular formula is C5HBr3NO. The molecule has 0 aliphatic carbocycles. The van der Waals surface area contributed by atoms with Crippen LogP contribution in [0.25, 0.3) is 0 Å². The van der Waals surface area contributed by atoms with Crippen molar-refractivity contribution in [3.63, 3.8) is 0 Å². The molecule has 0 spiro atoms. The summed E-state index contributed by atoms with van der Waals surface area (Å²) in [6.45, 7) is 0. The molecular weight excluding hydrogens is 330 g/mol. The molecule has 53 valence electrons. The van der Waals surface area contributed by atoms with Gasteiger partial charge < -0.3 is 5.21 Å². The molecule has 10 heavy (non-hydrogen) atoms. The number of rotatable bonds is 0. The second kappa shape index (κ2) is 3.19. The SMILES string of the molecule is [O-][n+]1c(Br)c[c]c(Br)c1Br. The van der Waals surface area contributed by atoms with Crippen molar-refractivity contribution in [3.05, 3.63) is 31.0 Å². The fraction of sp³-hybridized carbons (Fsp3) is 0. The molecule has 0 aliphatic rings. The predicted octanol–water partition coefficient (Wildman–Crippen LogP) is 2.41. The first-order valence-electron chi connectivity index (χ1n) is 2.27. The van der Waals surface area contributed by atoms with E-state index in [1.807, 2.05) is 0 Å². The van der Waals surface area contributed by atoms with Crippen LogP contribution in [0.5, 0.6) is 0 Å². The van der Waals surface area contributed by atoms with Gasteiger partial charge in [-0.15, -0.1) is 0 Å². The van der Waals surface area contributed by atoms with Crippen LogP contribution in [0, 0.1) is 11.3 Å². The highest BCUT2D eigenvalue weighted by atomic mass is 79.9. The minimum Gasteiger partial charge on any atom is -0.617 e. The molecule has 0 atom stereocenters. The summed E-state index contributed by atoms with van der Waals surface area (Å²) in [7, 11) is 0. The molecule has 1 rings (SSSR count). The highest BCUT2D eigenvalue weighted by molar-refractivity contribution is 9.13. The van der Waals surface area contributed by atoms with Crippen molar-refractivity contribution in [1.29, 1.82) is 0 Å². The zero-order chi connectivity index (χ0) is 7.72. The third kappa shape index (κ3) is 1.52. The van der Waals surface area contributed by atoms with Gasteiger partial charge in [-0.25, -0.2) is 0 Å². The van der Waals surface area contributed by atoms with Crippen molar-refractivity contribution in [3.8, 4) is 0 Å². The molecule has 5 heteroatoms. The Morgan fingerprint density at radius 3 is 2.50 bits per heavy atom. The van der Waals surface area contributed by atoms with E-state index in [1.54, 1.807) is 6.07 Å². The molecule has 0 amide bonds. The molecule has 0 bridgehead atoms. The minimum atomic E-state index is 0.418. The van der Waals surface area contributed by atoms with E-state index in [1.165, 1.54) is 0 Å². The maximum Gasteiger partial charge on any atom is 0.275 e. The maximum absolute atomic E-state index is 11.0. The Bertz CT molecular complexity index is 236. The highest BCUT2D eigenvalue weighted by Gasteiger charge is 2.09. The molecule has 1 heterocycles. The molecule has 0 aromatic carbocycles. The predicted molar refractivity (Wildman–Crippen MR) is 47.3 cm³/mol. The Morgan fingerprint density at radius 2 is 2.00 bits per heavy atom. The van der Waals surface area contributed by atoms with Crippen LogP contribution in [0.1, 0.15) is 0 Å². The Labute approximate surface area is 83.2 Å². The lowest BCUT2D eigenvalue weighted by Gasteiger charge is -2.00. The first-order valence-corrected chi connectivity index (χ1v) is 4.65. The topological polar surface area (TPSA) is 26.9 Å². The van der Waals surface area contributed by atoms with Gasteiger partial charge in [-0.2, -0.15) is 4.73 Å². The first kappa shape index (κ1) is 8.49. The molecule has 0 N–H and O–H groups in total. The Balaban J connectivity index is 3.34. The van der Waals surface area contributed by atoms with E-state index in [9.17, 15) is 5.21 Å². The maximum atomic E-state index is 11.0.